The van der Waals surface area contributed by atoms with Crippen LogP contribution in [0.1, 0.15) is 59.3 Å². The smallest absolute Gasteiger partial charge is 0.0615 e. The third-order valence-corrected chi connectivity index (χ3v) is 5.00. The number of hydrogen-bond acceptors (Lipinski definition) is 3. The minimum absolute atomic E-state index is 0.219. The molecule has 0 spiro atoms. The summed E-state index contributed by atoms with van der Waals surface area (Å²) in [5.41, 5.74) is 6.40. The van der Waals surface area contributed by atoms with Crippen LogP contribution in [0.2, 0.25) is 0 Å². The van der Waals surface area contributed by atoms with E-state index in [1.807, 2.05) is 0 Å². The predicted molar refractivity (Wildman–Crippen MR) is 82.4 cm³/mol. The van der Waals surface area contributed by atoms with Crippen LogP contribution in [0.15, 0.2) is 0 Å². The maximum absolute atomic E-state index is 6.19. The average molecular weight is 270 g/mol. The van der Waals surface area contributed by atoms with Crippen molar-refractivity contribution in [3.05, 3.63) is 0 Å². The maximum atomic E-state index is 6.19. The molecule has 1 unspecified atom stereocenters. The van der Waals surface area contributed by atoms with Crippen LogP contribution in [0.4, 0.5) is 0 Å². The Kier molecular flexibility index (Phi) is 7.33. The van der Waals surface area contributed by atoms with Crippen LogP contribution in [0.5, 0.6) is 0 Å². The first-order valence-electron chi connectivity index (χ1n) is 8.09. The van der Waals surface area contributed by atoms with Gasteiger partial charge in [0.05, 0.1) is 6.61 Å². The molecule has 0 aromatic carbocycles. The van der Waals surface area contributed by atoms with E-state index in [1.165, 1.54) is 38.5 Å². The molecule has 3 nitrogen and oxygen atoms in total. The molecule has 1 rings (SSSR count). The molecule has 0 heterocycles. The molecule has 114 valence electrons. The second-order valence-electron chi connectivity index (χ2n) is 6.25. The summed E-state index contributed by atoms with van der Waals surface area (Å²) in [4.78, 5) is 2.60. The Morgan fingerprint density at radius 3 is 2.37 bits per heavy atom. The minimum atomic E-state index is 0.219. The Bertz CT molecular complexity index is 237. The van der Waals surface area contributed by atoms with E-state index in [-0.39, 0.29) is 5.54 Å². The average Bonchev–Trinajstić information content (AvgIpc) is 2.42. The van der Waals surface area contributed by atoms with Crippen molar-refractivity contribution in [2.45, 2.75) is 70.9 Å². The summed E-state index contributed by atoms with van der Waals surface area (Å²) in [6, 6.07) is 0.460. The zero-order valence-electron chi connectivity index (χ0n) is 13.5. The molecule has 1 saturated carbocycles. The van der Waals surface area contributed by atoms with E-state index in [2.05, 4.69) is 25.7 Å². The van der Waals surface area contributed by atoms with Crippen LogP contribution in [0.25, 0.3) is 0 Å². The van der Waals surface area contributed by atoms with Gasteiger partial charge in [-0.2, -0.15) is 0 Å². The highest BCUT2D eigenvalue weighted by Crippen LogP contribution is 2.38. The third-order valence-electron chi connectivity index (χ3n) is 5.00. The van der Waals surface area contributed by atoms with Gasteiger partial charge in [-0.1, -0.05) is 26.7 Å². The fraction of sp³-hybridized carbons (Fsp3) is 1.00. The normalized spacial score (nSPS) is 29.7. The second kappa shape index (κ2) is 8.23. The molecule has 0 amide bonds. The van der Waals surface area contributed by atoms with Gasteiger partial charge in [0.25, 0.3) is 0 Å². The monoisotopic (exact) mass is 270 g/mol. The van der Waals surface area contributed by atoms with Crippen molar-refractivity contribution in [3.8, 4) is 0 Å². The van der Waals surface area contributed by atoms with E-state index < -0.39 is 0 Å². The van der Waals surface area contributed by atoms with Gasteiger partial charge < -0.3 is 10.5 Å². The molecule has 0 aromatic rings. The molecule has 19 heavy (non-hydrogen) atoms. The van der Waals surface area contributed by atoms with E-state index in [9.17, 15) is 0 Å². The fourth-order valence-electron chi connectivity index (χ4n) is 3.97. The molecule has 0 bridgehead atoms. The van der Waals surface area contributed by atoms with Gasteiger partial charge >= 0.3 is 0 Å². The van der Waals surface area contributed by atoms with Gasteiger partial charge in [0, 0.05) is 25.2 Å². The van der Waals surface area contributed by atoms with E-state index in [0.717, 1.165) is 25.6 Å². The largest absolute Gasteiger partial charge is 0.383 e. The Labute approximate surface area is 119 Å². The lowest BCUT2D eigenvalue weighted by Crippen LogP contribution is -2.59. The molecule has 1 aliphatic carbocycles. The third kappa shape index (κ3) is 4.17. The topological polar surface area (TPSA) is 38.5 Å². The van der Waals surface area contributed by atoms with E-state index in [1.54, 1.807) is 7.11 Å². The quantitative estimate of drug-likeness (QED) is 0.737. The standard InChI is InChI=1S/C16H34N2O/c1-5-7-15-8-10-16(13-17,11-9-15)18(6-2)14(3)12-19-4/h14-15H,5-13,17H2,1-4H3. The summed E-state index contributed by atoms with van der Waals surface area (Å²) >= 11 is 0. The molecule has 2 N–H and O–H groups in total. The van der Waals surface area contributed by atoms with Crippen molar-refractivity contribution in [2.24, 2.45) is 11.7 Å². The number of likely N-dealkylation sites (N-methyl/N-ethyl adjacent to an activating group) is 1. The number of nitrogens with zero attached hydrogens (tertiary/aromatic N) is 1. The fourth-order valence-corrected chi connectivity index (χ4v) is 3.97. The number of methoxy groups -OCH3 is 1. The van der Waals surface area contributed by atoms with Crippen molar-refractivity contribution >= 4 is 0 Å². The molecule has 0 aromatic heterocycles. The predicted octanol–water partition coefficient (Wildman–Crippen LogP) is 3.03. The molecule has 1 atom stereocenters. The van der Waals surface area contributed by atoms with Gasteiger partial charge in [0.2, 0.25) is 0 Å². The lowest BCUT2D eigenvalue weighted by molar-refractivity contribution is -0.00995. The van der Waals surface area contributed by atoms with Crippen LogP contribution >= 0.6 is 0 Å². The number of nitrogens with two attached hydrogens (primary N) is 1. The molecule has 3 heteroatoms. The summed E-state index contributed by atoms with van der Waals surface area (Å²) < 4.78 is 5.34. The minimum Gasteiger partial charge on any atom is -0.383 e. The first-order chi connectivity index (χ1) is 9.13. The lowest BCUT2D eigenvalue weighted by Gasteiger charge is -2.50. The van der Waals surface area contributed by atoms with Gasteiger partial charge in [-0.25, -0.2) is 0 Å². The summed E-state index contributed by atoms with van der Waals surface area (Å²) in [7, 11) is 1.79. The van der Waals surface area contributed by atoms with Crippen molar-refractivity contribution < 1.29 is 4.74 Å². The van der Waals surface area contributed by atoms with Gasteiger partial charge in [-0.15, -0.1) is 0 Å². The first kappa shape index (κ1) is 16.9. The van der Waals surface area contributed by atoms with Crippen LogP contribution in [-0.2, 0) is 4.74 Å². The second-order valence-corrected chi connectivity index (χ2v) is 6.25. The van der Waals surface area contributed by atoms with Crippen molar-refractivity contribution in [2.75, 3.05) is 26.8 Å². The van der Waals surface area contributed by atoms with Crippen LogP contribution in [0.3, 0.4) is 0 Å². The van der Waals surface area contributed by atoms with E-state index in [0.29, 0.717) is 6.04 Å². The van der Waals surface area contributed by atoms with E-state index in [4.69, 9.17) is 10.5 Å². The highest BCUT2D eigenvalue weighted by molar-refractivity contribution is 4.97. The summed E-state index contributed by atoms with van der Waals surface area (Å²) in [6.07, 6.45) is 7.92. The zero-order chi connectivity index (χ0) is 14.3. The Morgan fingerprint density at radius 1 is 1.32 bits per heavy atom. The molecule has 0 aliphatic heterocycles. The molecular formula is C16H34N2O. The number of hydrogen-bond donors (Lipinski definition) is 1. The Balaban J connectivity index is 2.69. The van der Waals surface area contributed by atoms with E-state index >= 15 is 0 Å². The molecule has 1 fully saturated rings. The molecular weight excluding hydrogens is 236 g/mol. The highest BCUT2D eigenvalue weighted by atomic mass is 16.5. The SMILES string of the molecule is CCCC1CCC(CN)(N(CC)C(C)COC)CC1. The van der Waals surface area contributed by atoms with Crippen LogP contribution < -0.4 is 5.73 Å². The van der Waals surface area contributed by atoms with Crippen molar-refractivity contribution in [1.29, 1.82) is 0 Å². The Morgan fingerprint density at radius 2 is 1.95 bits per heavy atom. The zero-order valence-corrected chi connectivity index (χ0v) is 13.5. The number of ether oxygens (including phenoxy) is 1. The van der Waals surface area contributed by atoms with Crippen molar-refractivity contribution in [1.82, 2.24) is 4.90 Å². The Hall–Kier alpha value is -0.120. The van der Waals surface area contributed by atoms with Gasteiger partial charge in [-0.3, -0.25) is 4.90 Å². The maximum Gasteiger partial charge on any atom is 0.0615 e. The number of rotatable bonds is 8. The van der Waals surface area contributed by atoms with Crippen LogP contribution in [0, 0.1) is 5.92 Å². The summed E-state index contributed by atoms with van der Waals surface area (Å²) in [6.45, 7) is 9.47. The molecule has 0 saturated heterocycles. The summed E-state index contributed by atoms with van der Waals surface area (Å²) in [5, 5.41) is 0. The lowest BCUT2D eigenvalue weighted by atomic mass is 9.73. The van der Waals surface area contributed by atoms with Gasteiger partial charge in [-0.05, 0) is 45.1 Å². The van der Waals surface area contributed by atoms with Crippen molar-refractivity contribution in [3.63, 3.8) is 0 Å². The molecule has 1 aliphatic rings. The van der Waals surface area contributed by atoms with Gasteiger partial charge in [0.1, 0.15) is 0 Å². The molecule has 0 radical (unpaired) electrons. The first-order valence-corrected chi connectivity index (χ1v) is 8.09. The van der Waals surface area contributed by atoms with Gasteiger partial charge in [0.15, 0.2) is 0 Å². The summed E-state index contributed by atoms with van der Waals surface area (Å²) in [5.74, 6) is 0.932. The van der Waals surface area contributed by atoms with Crippen LogP contribution in [-0.4, -0.2) is 43.3 Å². The highest BCUT2D eigenvalue weighted by Gasteiger charge is 2.40.